The van der Waals surface area contributed by atoms with Crippen LogP contribution < -0.4 is 0 Å². The van der Waals surface area contributed by atoms with E-state index < -0.39 is 0 Å². The molecule has 1 aromatic carbocycles. The van der Waals surface area contributed by atoms with E-state index in [1.54, 1.807) is 0 Å². The van der Waals surface area contributed by atoms with Crippen LogP contribution in [-0.4, -0.2) is 30.2 Å². The van der Waals surface area contributed by atoms with Crippen molar-refractivity contribution in [2.45, 2.75) is 52.2 Å². The molecule has 2 nitrogen and oxygen atoms in total. The van der Waals surface area contributed by atoms with Crippen LogP contribution >= 0.6 is 0 Å². The van der Waals surface area contributed by atoms with Gasteiger partial charge in [-0.05, 0) is 44.6 Å². The third-order valence-electron chi connectivity index (χ3n) is 5.61. The van der Waals surface area contributed by atoms with E-state index >= 15 is 0 Å². The van der Waals surface area contributed by atoms with Gasteiger partial charge in [0.05, 0.1) is 12.2 Å². The highest BCUT2D eigenvalue weighted by Gasteiger charge is 2.55. The minimum Gasteiger partial charge on any atom is -0.369 e. The van der Waals surface area contributed by atoms with Crippen molar-refractivity contribution in [1.82, 2.24) is 4.90 Å². The van der Waals surface area contributed by atoms with Gasteiger partial charge in [-0.15, -0.1) is 0 Å². The van der Waals surface area contributed by atoms with Crippen LogP contribution in [0.3, 0.4) is 0 Å². The van der Waals surface area contributed by atoms with Crippen LogP contribution in [0.4, 0.5) is 0 Å². The quantitative estimate of drug-likeness (QED) is 0.561. The first-order chi connectivity index (χ1) is 11.1. The van der Waals surface area contributed by atoms with Gasteiger partial charge in [0.25, 0.3) is 0 Å². The molecular formula is C21H31NO. The third-order valence-corrected chi connectivity index (χ3v) is 5.61. The summed E-state index contributed by atoms with van der Waals surface area (Å²) in [7, 11) is 0. The molecule has 0 aromatic heterocycles. The predicted molar refractivity (Wildman–Crippen MR) is 96.3 cm³/mol. The average Bonchev–Trinajstić information content (AvgIpc) is 3.30. The van der Waals surface area contributed by atoms with E-state index in [0.717, 1.165) is 19.1 Å². The molecule has 126 valence electrons. The molecule has 0 aliphatic carbocycles. The number of piperidine rings is 1. The summed E-state index contributed by atoms with van der Waals surface area (Å²) in [6.45, 7) is 11.2. The van der Waals surface area contributed by atoms with Gasteiger partial charge in [0.1, 0.15) is 0 Å². The van der Waals surface area contributed by atoms with Crippen molar-refractivity contribution >= 4 is 0 Å². The molecule has 3 unspecified atom stereocenters. The number of epoxide rings is 1. The first-order valence-corrected chi connectivity index (χ1v) is 9.13. The predicted octanol–water partition coefficient (Wildman–Crippen LogP) is 4.66. The minimum atomic E-state index is 0.220. The second-order valence-electron chi connectivity index (χ2n) is 7.77. The monoisotopic (exact) mass is 313 g/mol. The zero-order valence-corrected chi connectivity index (χ0v) is 14.9. The van der Waals surface area contributed by atoms with Gasteiger partial charge in [0.2, 0.25) is 0 Å². The van der Waals surface area contributed by atoms with Crippen LogP contribution in [0.15, 0.2) is 42.0 Å². The molecule has 3 atom stereocenters. The van der Waals surface area contributed by atoms with Gasteiger partial charge in [-0.1, -0.05) is 48.9 Å². The van der Waals surface area contributed by atoms with Crippen molar-refractivity contribution in [3.05, 3.63) is 47.5 Å². The summed E-state index contributed by atoms with van der Waals surface area (Å²) in [6.07, 6.45) is 6.06. The van der Waals surface area contributed by atoms with Gasteiger partial charge < -0.3 is 4.74 Å². The molecule has 0 radical (unpaired) electrons. The molecule has 2 saturated heterocycles. The summed E-state index contributed by atoms with van der Waals surface area (Å²) in [5.74, 6) is 1.41. The molecule has 23 heavy (non-hydrogen) atoms. The van der Waals surface area contributed by atoms with Crippen LogP contribution in [0, 0.1) is 11.8 Å². The number of nitrogens with zero attached hydrogens (tertiary/aromatic N) is 1. The first kappa shape index (κ1) is 16.7. The fourth-order valence-corrected chi connectivity index (χ4v) is 4.04. The zero-order chi connectivity index (χ0) is 16.3. The number of likely N-dealkylation sites (tertiary alicyclic amines) is 1. The average molecular weight is 313 g/mol. The minimum absolute atomic E-state index is 0.220. The fourth-order valence-electron chi connectivity index (χ4n) is 4.04. The molecule has 2 heteroatoms. The lowest BCUT2D eigenvalue weighted by Gasteiger charge is -2.40. The van der Waals surface area contributed by atoms with Crippen LogP contribution in [-0.2, 0) is 11.3 Å². The summed E-state index contributed by atoms with van der Waals surface area (Å²) in [5, 5.41) is 0. The molecule has 2 fully saturated rings. The highest BCUT2D eigenvalue weighted by atomic mass is 16.6. The van der Waals surface area contributed by atoms with Gasteiger partial charge >= 0.3 is 0 Å². The molecule has 2 heterocycles. The van der Waals surface area contributed by atoms with Gasteiger partial charge in [0.15, 0.2) is 0 Å². The van der Waals surface area contributed by atoms with Gasteiger partial charge in [-0.25, -0.2) is 0 Å². The van der Waals surface area contributed by atoms with Crippen molar-refractivity contribution in [2.75, 3.05) is 19.7 Å². The molecule has 0 saturated carbocycles. The number of hydrogen-bond acceptors (Lipinski definition) is 2. The molecule has 2 aliphatic heterocycles. The Morgan fingerprint density at radius 2 is 2.09 bits per heavy atom. The maximum absolute atomic E-state index is 5.95. The number of rotatable bonds is 6. The van der Waals surface area contributed by atoms with E-state index in [9.17, 15) is 0 Å². The lowest BCUT2D eigenvalue weighted by Crippen LogP contribution is -2.47. The normalized spacial score (nSPS) is 28.6. The van der Waals surface area contributed by atoms with E-state index in [1.165, 1.54) is 43.5 Å². The summed E-state index contributed by atoms with van der Waals surface area (Å²) in [6, 6.07) is 10.9. The van der Waals surface area contributed by atoms with Gasteiger partial charge in [0, 0.05) is 25.6 Å². The van der Waals surface area contributed by atoms with Gasteiger partial charge in [-0.2, -0.15) is 0 Å². The topological polar surface area (TPSA) is 15.8 Å². The summed E-state index contributed by atoms with van der Waals surface area (Å²) in [4.78, 5) is 2.63. The van der Waals surface area contributed by atoms with Crippen molar-refractivity contribution in [2.24, 2.45) is 11.8 Å². The Morgan fingerprint density at radius 1 is 1.35 bits per heavy atom. The lowest BCUT2D eigenvalue weighted by atomic mass is 9.76. The fraction of sp³-hybridized carbons (Fsp3) is 0.619. The van der Waals surface area contributed by atoms with Crippen molar-refractivity contribution < 1.29 is 4.74 Å². The van der Waals surface area contributed by atoms with E-state index in [2.05, 4.69) is 62.1 Å². The SMILES string of the molecule is CC(C)=CCCC(C)C1CN(Cc2ccccc2)CCC12CO2. The van der Waals surface area contributed by atoms with Crippen LogP contribution in [0.2, 0.25) is 0 Å². The van der Waals surface area contributed by atoms with E-state index in [-0.39, 0.29) is 5.60 Å². The van der Waals surface area contributed by atoms with Crippen molar-refractivity contribution in [3.63, 3.8) is 0 Å². The Bertz CT molecular complexity index is 528. The third kappa shape index (κ3) is 4.24. The standard InChI is InChI=1S/C21H31NO/c1-17(2)8-7-9-18(3)20-15-22(13-12-21(20)16-23-21)14-19-10-5-4-6-11-19/h4-6,8,10-11,18,20H,7,9,12-16H2,1-3H3. The molecular weight excluding hydrogens is 282 g/mol. The maximum atomic E-state index is 5.95. The molecule has 2 aliphatic rings. The second kappa shape index (κ2) is 7.19. The highest BCUT2D eigenvalue weighted by molar-refractivity contribution is 5.15. The number of allylic oxidation sites excluding steroid dienone is 2. The molecule has 0 N–H and O–H groups in total. The Kier molecular flexibility index (Phi) is 5.23. The Labute approximate surface area is 141 Å². The van der Waals surface area contributed by atoms with Crippen molar-refractivity contribution in [3.8, 4) is 0 Å². The second-order valence-corrected chi connectivity index (χ2v) is 7.77. The summed E-state index contributed by atoms with van der Waals surface area (Å²) < 4.78 is 5.95. The molecule has 1 spiro atoms. The molecule has 1 aromatic rings. The zero-order valence-electron chi connectivity index (χ0n) is 14.9. The number of benzene rings is 1. The molecule has 0 amide bonds. The van der Waals surface area contributed by atoms with Crippen LogP contribution in [0.25, 0.3) is 0 Å². The largest absolute Gasteiger partial charge is 0.369 e. The highest BCUT2D eigenvalue weighted by Crippen LogP contribution is 2.46. The lowest BCUT2D eigenvalue weighted by molar-refractivity contribution is 0.0476. The molecule has 3 rings (SSSR count). The van der Waals surface area contributed by atoms with E-state index in [0.29, 0.717) is 5.92 Å². The maximum Gasteiger partial charge on any atom is 0.0971 e. The summed E-state index contributed by atoms with van der Waals surface area (Å²) >= 11 is 0. The Balaban J connectivity index is 1.59. The van der Waals surface area contributed by atoms with E-state index in [4.69, 9.17) is 4.74 Å². The Morgan fingerprint density at radius 3 is 2.74 bits per heavy atom. The van der Waals surface area contributed by atoms with Crippen LogP contribution in [0.1, 0.15) is 45.6 Å². The Hall–Kier alpha value is -1.12. The van der Waals surface area contributed by atoms with E-state index in [1.807, 2.05) is 0 Å². The van der Waals surface area contributed by atoms with Crippen LogP contribution in [0.5, 0.6) is 0 Å². The first-order valence-electron chi connectivity index (χ1n) is 9.13. The summed E-state index contributed by atoms with van der Waals surface area (Å²) in [5.41, 5.74) is 3.08. The number of hydrogen-bond donors (Lipinski definition) is 0. The van der Waals surface area contributed by atoms with Gasteiger partial charge in [-0.3, -0.25) is 4.90 Å². The molecule has 0 bridgehead atoms. The van der Waals surface area contributed by atoms with Crippen molar-refractivity contribution in [1.29, 1.82) is 0 Å². The number of ether oxygens (including phenoxy) is 1. The smallest absolute Gasteiger partial charge is 0.0971 e.